The average molecular weight is 461 g/mol. The van der Waals surface area contributed by atoms with Gasteiger partial charge in [0.2, 0.25) is 0 Å². The van der Waals surface area contributed by atoms with E-state index >= 15 is 0 Å². The van der Waals surface area contributed by atoms with Gasteiger partial charge in [0.15, 0.2) is 6.61 Å². The zero-order valence-corrected chi connectivity index (χ0v) is 19.9. The van der Waals surface area contributed by atoms with Crippen molar-refractivity contribution in [2.45, 2.75) is 45.0 Å². The highest BCUT2D eigenvalue weighted by atomic mass is 16.5. The molecule has 0 saturated carbocycles. The number of aliphatic hydroxyl groups is 1. The number of rotatable bonds is 6. The van der Waals surface area contributed by atoms with Gasteiger partial charge in [-0.25, -0.2) is 0 Å². The fourth-order valence-electron chi connectivity index (χ4n) is 5.06. The third kappa shape index (κ3) is 4.45. The predicted molar refractivity (Wildman–Crippen MR) is 130 cm³/mol. The lowest BCUT2D eigenvalue weighted by Crippen LogP contribution is -2.39. The fourth-order valence-corrected chi connectivity index (χ4v) is 5.06. The van der Waals surface area contributed by atoms with E-state index in [0.29, 0.717) is 18.8 Å². The van der Waals surface area contributed by atoms with Crippen LogP contribution in [0.1, 0.15) is 42.9 Å². The molecule has 1 amide bonds. The molecule has 178 valence electrons. The van der Waals surface area contributed by atoms with Crippen molar-refractivity contribution in [3.8, 4) is 16.9 Å². The van der Waals surface area contributed by atoms with Gasteiger partial charge in [0.05, 0.1) is 6.20 Å². The molecule has 1 saturated heterocycles. The van der Waals surface area contributed by atoms with Crippen LogP contribution in [-0.2, 0) is 30.7 Å². The van der Waals surface area contributed by atoms with Crippen molar-refractivity contribution in [1.82, 2.24) is 19.6 Å². The molecule has 1 N–H and O–H groups in total. The van der Waals surface area contributed by atoms with Crippen molar-refractivity contribution in [3.05, 3.63) is 71.5 Å². The number of carbonyl (C=O) groups is 1. The molecule has 3 aromatic rings. The number of hydrogen-bond acceptors (Lipinski definition) is 5. The lowest BCUT2D eigenvalue weighted by atomic mass is 10.0. The molecule has 1 aromatic heterocycles. The van der Waals surface area contributed by atoms with E-state index < -0.39 is 5.72 Å². The Hall–Kier alpha value is -3.16. The van der Waals surface area contributed by atoms with E-state index in [9.17, 15) is 9.90 Å². The van der Waals surface area contributed by atoms with Crippen LogP contribution in [-0.4, -0.2) is 50.3 Å². The number of aryl methyl sites for hydroxylation is 1. The first-order valence-corrected chi connectivity index (χ1v) is 12.0. The summed E-state index contributed by atoms with van der Waals surface area (Å²) in [6.07, 6.45) is 7.14. The topological polar surface area (TPSA) is 70.8 Å². The van der Waals surface area contributed by atoms with E-state index in [4.69, 9.17) is 4.74 Å². The third-order valence-corrected chi connectivity index (χ3v) is 6.99. The first kappa shape index (κ1) is 22.6. The van der Waals surface area contributed by atoms with E-state index in [1.54, 1.807) is 4.68 Å². The van der Waals surface area contributed by atoms with E-state index in [1.165, 1.54) is 6.42 Å². The average Bonchev–Trinajstić information content (AvgIpc) is 3.39. The molecule has 0 aliphatic carbocycles. The monoisotopic (exact) mass is 460 g/mol. The number of benzene rings is 2. The third-order valence-electron chi connectivity index (χ3n) is 6.99. The maximum absolute atomic E-state index is 12.6. The molecule has 2 aromatic carbocycles. The van der Waals surface area contributed by atoms with Crippen LogP contribution in [0.15, 0.2) is 54.9 Å². The Morgan fingerprint density at radius 3 is 2.56 bits per heavy atom. The Labute approximate surface area is 200 Å². The van der Waals surface area contributed by atoms with Gasteiger partial charge in [-0.1, -0.05) is 36.4 Å². The van der Waals surface area contributed by atoms with Gasteiger partial charge in [-0.2, -0.15) is 5.10 Å². The molecule has 34 heavy (non-hydrogen) atoms. The number of piperidine rings is 1. The maximum Gasteiger partial charge on any atom is 0.260 e. The Morgan fingerprint density at radius 2 is 1.85 bits per heavy atom. The summed E-state index contributed by atoms with van der Waals surface area (Å²) in [7, 11) is 1.91. The Morgan fingerprint density at radius 1 is 1.09 bits per heavy atom. The second kappa shape index (κ2) is 9.24. The minimum atomic E-state index is -1.19. The molecule has 1 unspecified atom stereocenters. The van der Waals surface area contributed by atoms with E-state index in [0.717, 1.165) is 53.7 Å². The normalized spacial score (nSPS) is 20.4. The molecule has 3 heterocycles. The minimum Gasteiger partial charge on any atom is -0.483 e. The van der Waals surface area contributed by atoms with Crippen molar-refractivity contribution in [1.29, 1.82) is 0 Å². The molecule has 2 aliphatic heterocycles. The summed E-state index contributed by atoms with van der Waals surface area (Å²) in [5.41, 5.74) is 3.90. The number of hydrogen-bond donors (Lipinski definition) is 1. The zero-order valence-electron chi connectivity index (χ0n) is 19.9. The molecule has 0 bridgehead atoms. The summed E-state index contributed by atoms with van der Waals surface area (Å²) in [4.78, 5) is 16.5. The molecule has 1 atom stereocenters. The molecular formula is C27H32N4O3. The van der Waals surface area contributed by atoms with Gasteiger partial charge in [0, 0.05) is 50.6 Å². The van der Waals surface area contributed by atoms with Crippen LogP contribution in [0.3, 0.4) is 0 Å². The molecule has 0 spiro atoms. The summed E-state index contributed by atoms with van der Waals surface area (Å²) in [5.74, 6) is 0.600. The molecule has 0 radical (unpaired) electrons. The van der Waals surface area contributed by atoms with Crippen LogP contribution in [0.25, 0.3) is 11.1 Å². The highest BCUT2D eigenvalue weighted by molar-refractivity contribution is 5.78. The van der Waals surface area contributed by atoms with Crippen LogP contribution in [0.4, 0.5) is 0 Å². The van der Waals surface area contributed by atoms with Crippen LogP contribution < -0.4 is 4.74 Å². The number of fused-ring (bicyclic) bond motifs is 1. The zero-order chi connectivity index (χ0) is 23.7. The van der Waals surface area contributed by atoms with Crippen molar-refractivity contribution in [3.63, 3.8) is 0 Å². The van der Waals surface area contributed by atoms with Crippen LogP contribution in [0.2, 0.25) is 0 Å². The molecule has 1 fully saturated rings. The summed E-state index contributed by atoms with van der Waals surface area (Å²) >= 11 is 0. The van der Waals surface area contributed by atoms with Gasteiger partial charge in [0.1, 0.15) is 11.5 Å². The van der Waals surface area contributed by atoms with Crippen LogP contribution in [0.5, 0.6) is 5.75 Å². The van der Waals surface area contributed by atoms with Gasteiger partial charge in [-0.05, 0) is 48.9 Å². The molecular weight excluding hydrogens is 428 g/mol. The number of nitrogens with zero attached hydrogens (tertiary/aromatic N) is 4. The predicted octanol–water partition coefficient (Wildman–Crippen LogP) is 3.66. The maximum atomic E-state index is 12.6. The van der Waals surface area contributed by atoms with Gasteiger partial charge in [0.25, 0.3) is 5.91 Å². The lowest BCUT2D eigenvalue weighted by Gasteiger charge is -2.32. The smallest absolute Gasteiger partial charge is 0.260 e. The number of amides is 1. The van der Waals surface area contributed by atoms with E-state index in [2.05, 4.69) is 29.4 Å². The van der Waals surface area contributed by atoms with Gasteiger partial charge in [-0.3, -0.25) is 14.4 Å². The summed E-state index contributed by atoms with van der Waals surface area (Å²) in [6.45, 7) is 4.63. The highest BCUT2D eigenvalue weighted by Gasteiger charge is 2.42. The number of carbonyl (C=O) groups excluding carboxylic acids is 1. The lowest BCUT2D eigenvalue weighted by molar-refractivity contribution is -0.134. The number of likely N-dealkylation sites (tertiary alicyclic amines) is 1. The quantitative estimate of drug-likeness (QED) is 0.608. The van der Waals surface area contributed by atoms with Gasteiger partial charge < -0.3 is 14.7 Å². The Bertz CT molecular complexity index is 1160. The number of aromatic nitrogens is 2. The highest BCUT2D eigenvalue weighted by Crippen LogP contribution is 2.43. The van der Waals surface area contributed by atoms with Crippen LogP contribution in [0, 0.1) is 0 Å². The first-order chi connectivity index (χ1) is 16.4. The van der Waals surface area contributed by atoms with Crippen LogP contribution >= 0.6 is 0 Å². The molecule has 7 heteroatoms. The Kier molecular flexibility index (Phi) is 6.15. The van der Waals surface area contributed by atoms with Crippen molar-refractivity contribution < 1.29 is 14.6 Å². The minimum absolute atomic E-state index is 0.00232. The number of ether oxygens (including phenoxy) is 1. The summed E-state index contributed by atoms with van der Waals surface area (Å²) < 4.78 is 7.77. The summed E-state index contributed by atoms with van der Waals surface area (Å²) in [6, 6.07) is 14.2. The van der Waals surface area contributed by atoms with E-state index in [-0.39, 0.29) is 12.5 Å². The molecule has 7 nitrogen and oxygen atoms in total. The molecule has 5 rings (SSSR count). The standard InChI is InChI=1S/C27H32N4O3/c1-27(33)26-22(7-6-8-24(26)34-19-25(32)30-13-4-3-5-14-30)18-31(27)16-20-9-11-21(12-10-20)23-15-28-29(2)17-23/h6-12,15,17,33H,3-5,13-14,16,18-19H2,1-2H3. The van der Waals surface area contributed by atoms with Gasteiger partial charge in [-0.15, -0.1) is 0 Å². The van der Waals surface area contributed by atoms with Crippen molar-refractivity contribution >= 4 is 5.91 Å². The Balaban J connectivity index is 1.28. The van der Waals surface area contributed by atoms with Crippen molar-refractivity contribution in [2.75, 3.05) is 19.7 Å². The second-order valence-electron chi connectivity index (χ2n) is 9.50. The molecule has 2 aliphatic rings. The van der Waals surface area contributed by atoms with E-state index in [1.807, 2.05) is 54.4 Å². The summed E-state index contributed by atoms with van der Waals surface area (Å²) in [5, 5.41) is 15.8. The second-order valence-corrected chi connectivity index (χ2v) is 9.50. The first-order valence-electron chi connectivity index (χ1n) is 12.0. The SMILES string of the molecule is Cn1cc(-c2ccc(CN3Cc4cccc(OCC(=O)N5CCCCC5)c4C3(C)O)cc2)cn1. The van der Waals surface area contributed by atoms with Crippen molar-refractivity contribution in [2.24, 2.45) is 7.05 Å². The fraction of sp³-hybridized carbons (Fsp3) is 0.407. The largest absolute Gasteiger partial charge is 0.483 e. The van der Waals surface area contributed by atoms with Gasteiger partial charge >= 0.3 is 0 Å².